The van der Waals surface area contributed by atoms with Crippen molar-refractivity contribution in [3.8, 4) is 5.75 Å². The largest absolute Gasteiger partial charge is 0.505 e. The summed E-state index contributed by atoms with van der Waals surface area (Å²) >= 11 is 0. The predicted molar refractivity (Wildman–Crippen MR) is 71.9 cm³/mol. The zero-order chi connectivity index (χ0) is 14.9. The van der Waals surface area contributed by atoms with Gasteiger partial charge in [0.1, 0.15) is 0 Å². The number of nitrogens with one attached hydrogen (secondary N) is 1. The third-order valence-corrected chi connectivity index (χ3v) is 3.51. The standard InChI is InChI=1S/C14H19FN2O3/c1-17(2)7-8-3-10(13(18)11(15)4-8)12-5-9(6-16-12)14(19)20/h3-4,9,12,16,18H,5-7H2,1-2H3,(H,19,20). The first-order chi connectivity index (χ1) is 9.38. The normalized spacial score (nSPS) is 22.4. The molecule has 0 aromatic heterocycles. The summed E-state index contributed by atoms with van der Waals surface area (Å²) in [6.45, 7) is 0.887. The minimum absolute atomic E-state index is 0.326. The van der Waals surface area contributed by atoms with E-state index in [-0.39, 0.29) is 6.04 Å². The van der Waals surface area contributed by atoms with Gasteiger partial charge in [-0.25, -0.2) is 4.39 Å². The van der Waals surface area contributed by atoms with Gasteiger partial charge in [0.05, 0.1) is 5.92 Å². The summed E-state index contributed by atoms with van der Waals surface area (Å²) in [6, 6.07) is 2.72. The van der Waals surface area contributed by atoms with Gasteiger partial charge in [-0.2, -0.15) is 0 Å². The molecule has 1 saturated heterocycles. The van der Waals surface area contributed by atoms with Crippen molar-refractivity contribution >= 4 is 5.97 Å². The number of benzene rings is 1. The Morgan fingerprint density at radius 3 is 2.75 bits per heavy atom. The van der Waals surface area contributed by atoms with Crippen molar-refractivity contribution in [1.29, 1.82) is 0 Å². The molecular formula is C14H19FN2O3. The molecule has 0 spiro atoms. The number of hydrogen-bond acceptors (Lipinski definition) is 4. The highest BCUT2D eigenvalue weighted by atomic mass is 19.1. The number of phenolic OH excluding ortho intramolecular Hbond substituents is 1. The maximum Gasteiger partial charge on any atom is 0.307 e. The molecule has 0 bridgehead atoms. The lowest BCUT2D eigenvalue weighted by atomic mass is 9.97. The Morgan fingerprint density at radius 1 is 1.50 bits per heavy atom. The van der Waals surface area contributed by atoms with E-state index in [4.69, 9.17) is 5.11 Å². The Bertz CT molecular complexity index is 519. The summed E-state index contributed by atoms with van der Waals surface area (Å²) < 4.78 is 13.8. The van der Waals surface area contributed by atoms with Crippen molar-refractivity contribution in [1.82, 2.24) is 10.2 Å². The number of aromatic hydroxyl groups is 1. The molecular weight excluding hydrogens is 263 g/mol. The van der Waals surface area contributed by atoms with Crippen LogP contribution < -0.4 is 5.32 Å². The summed E-state index contributed by atoms with van der Waals surface area (Å²) in [7, 11) is 3.75. The van der Waals surface area contributed by atoms with Gasteiger partial charge in [-0.1, -0.05) is 0 Å². The van der Waals surface area contributed by atoms with Crippen LogP contribution in [0.1, 0.15) is 23.6 Å². The smallest absolute Gasteiger partial charge is 0.307 e. The molecule has 1 aliphatic rings. The highest BCUT2D eigenvalue weighted by Gasteiger charge is 2.32. The molecule has 1 aromatic carbocycles. The number of rotatable bonds is 4. The van der Waals surface area contributed by atoms with Crippen LogP contribution in [-0.2, 0) is 11.3 Å². The first kappa shape index (κ1) is 14.7. The van der Waals surface area contributed by atoms with Gasteiger partial charge in [0.15, 0.2) is 11.6 Å². The van der Waals surface area contributed by atoms with Crippen molar-refractivity contribution < 1.29 is 19.4 Å². The summed E-state index contributed by atoms with van der Waals surface area (Å²) in [6.07, 6.45) is 0.355. The lowest BCUT2D eigenvalue weighted by molar-refractivity contribution is -0.141. The molecule has 6 heteroatoms. The van der Waals surface area contributed by atoms with E-state index in [1.807, 2.05) is 19.0 Å². The fraction of sp³-hybridized carbons (Fsp3) is 0.500. The Morgan fingerprint density at radius 2 is 2.20 bits per heavy atom. The van der Waals surface area contributed by atoms with Crippen molar-refractivity contribution in [2.45, 2.75) is 19.0 Å². The molecule has 2 unspecified atom stereocenters. The lowest BCUT2D eigenvalue weighted by Gasteiger charge is -2.17. The van der Waals surface area contributed by atoms with E-state index in [0.717, 1.165) is 5.56 Å². The van der Waals surface area contributed by atoms with Crippen LogP contribution in [0.15, 0.2) is 12.1 Å². The highest BCUT2D eigenvalue weighted by Crippen LogP contribution is 2.35. The van der Waals surface area contributed by atoms with Crippen LogP contribution in [0.25, 0.3) is 0 Å². The van der Waals surface area contributed by atoms with Crippen LogP contribution in [0.5, 0.6) is 5.75 Å². The van der Waals surface area contributed by atoms with Gasteiger partial charge in [0.25, 0.3) is 0 Å². The van der Waals surface area contributed by atoms with E-state index in [2.05, 4.69) is 5.32 Å². The Balaban J connectivity index is 2.27. The van der Waals surface area contributed by atoms with Crippen molar-refractivity contribution in [2.75, 3.05) is 20.6 Å². The summed E-state index contributed by atoms with van der Waals surface area (Å²) in [5.41, 5.74) is 1.19. The molecule has 1 aromatic rings. The third kappa shape index (κ3) is 3.08. The van der Waals surface area contributed by atoms with Crippen molar-refractivity contribution in [3.63, 3.8) is 0 Å². The number of carboxylic acid groups (broad SMARTS) is 1. The minimum atomic E-state index is -0.871. The molecule has 0 saturated carbocycles. The average Bonchev–Trinajstić information content (AvgIpc) is 2.82. The molecule has 2 rings (SSSR count). The number of carbonyl (C=O) groups is 1. The van der Waals surface area contributed by atoms with E-state index in [1.54, 1.807) is 6.07 Å². The van der Waals surface area contributed by atoms with E-state index < -0.39 is 23.5 Å². The maximum absolute atomic E-state index is 13.8. The topological polar surface area (TPSA) is 72.8 Å². The zero-order valence-corrected chi connectivity index (χ0v) is 11.6. The van der Waals surface area contributed by atoms with E-state index >= 15 is 0 Å². The van der Waals surface area contributed by atoms with Gasteiger partial charge < -0.3 is 20.4 Å². The molecule has 1 fully saturated rings. The van der Waals surface area contributed by atoms with Crippen LogP contribution in [-0.4, -0.2) is 41.7 Å². The second-order valence-corrected chi connectivity index (χ2v) is 5.48. The number of phenols is 1. The molecule has 5 nitrogen and oxygen atoms in total. The number of aliphatic carboxylic acids is 1. The molecule has 1 aliphatic heterocycles. The van der Waals surface area contributed by atoms with E-state index in [1.165, 1.54) is 6.07 Å². The highest BCUT2D eigenvalue weighted by molar-refractivity contribution is 5.71. The lowest BCUT2D eigenvalue weighted by Crippen LogP contribution is -2.17. The van der Waals surface area contributed by atoms with Crippen molar-refractivity contribution in [3.05, 3.63) is 29.1 Å². The van der Waals surface area contributed by atoms with Gasteiger partial charge in [-0.15, -0.1) is 0 Å². The van der Waals surface area contributed by atoms with E-state index in [0.29, 0.717) is 25.1 Å². The third-order valence-electron chi connectivity index (χ3n) is 3.51. The van der Waals surface area contributed by atoms with Crippen LogP contribution in [0, 0.1) is 11.7 Å². The maximum atomic E-state index is 13.8. The molecule has 2 atom stereocenters. The van der Waals surface area contributed by atoms with Gasteiger partial charge in [-0.05, 0) is 38.2 Å². The summed E-state index contributed by atoms with van der Waals surface area (Å²) in [5, 5.41) is 21.9. The summed E-state index contributed by atoms with van der Waals surface area (Å²) in [5.74, 6) is -2.43. The predicted octanol–water partition coefficient (Wildman–Crippen LogP) is 1.33. The second kappa shape index (κ2) is 5.76. The zero-order valence-electron chi connectivity index (χ0n) is 11.6. The first-order valence-electron chi connectivity index (χ1n) is 6.50. The van der Waals surface area contributed by atoms with Crippen LogP contribution in [0.3, 0.4) is 0 Å². The number of nitrogens with zero attached hydrogens (tertiary/aromatic N) is 1. The van der Waals surface area contributed by atoms with E-state index in [9.17, 15) is 14.3 Å². The van der Waals surface area contributed by atoms with Gasteiger partial charge in [0, 0.05) is 24.7 Å². The summed E-state index contributed by atoms with van der Waals surface area (Å²) in [4.78, 5) is 12.9. The van der Waals surface area contributed by atoms with Crippen molar-refractivity contribution in [2.24, 2.45) is 5.92 Å². The van der Waals surface area contributed by atoms with Gasteiger partial charge in [-0.3, -0.25) is 4.79 Å². The van der Waals surface area contributed by atoms with Gasteiger partial charge >= 0.3 is 5.97 Å². The quantitative estimate of drug-likeness (QED) is 0.777. The molecule has 0 radical (unpaired) electrons. The second-order valence-electron chi connectivity index (χ2n) is 5.48. The van der Waals surface area contributed by atoms with Crippen LogP contribution >= 0.6 is 0 Å². The van der Waals surface area contributed by atoms with Gasteiger partial charge in [0.2, 0.25) is 0 Å². The molecule has 3 N–H and O–H groups in total. The molecule has 20 heavy (non-hydrogen) atoms. The molecule has 0 aliphatic carbocycles. The Kier molecular flexibility index (Phi) is 4.25. The number of hydrogen-bond donors (Lipinski definition) is 3. The Hall–Kier alpha value is -1.66. The average molecular weight is 282 g/mol. The number of halogens is 1. The SMILES string of the molecule is CN(C)Cc1cc(F)c(O)c(C2CC(C(=O)O)CN2)c1. The molecule has 110 valence electrons. The monoisotopic (exact) mass is 282 g/mol. The molecule has 0 amide bonds. The Labute approximate surface area is 117 Å². The van der Waals surface area contributed by atoms with Crippen LogP contribution in [0.4, 0.5) is 4.39 Å². The fourth-order valence-corrected chi connectivity index (χ4v) is 2.56. The van der Waals surface area contributed by atoms with Crippen LogP contribution in [0.2, 0.25) is 0 Å². The minimum Gasteiger partial charge on any atom is -0.505 e. The number of carboxylic acids is 1. The first-order valence-corrected chi connectivity index (χ1v) is 6.50. The fourth-order valence-electron chi connectivity index (χ4n) is 2.56. The molecule has 1 heterocycles.